The molecule has 0 heterocycles. The molecular formula is C21H38N2O3. The monoisotopic (exact) mass is 366 g/mol. The van der Waals surface area contributed by atoms with Crippen molar-refractivity contribution in [2.45, 2.75) is 102 Å². The predicted molar refractivity (Wildman–Crippen MR) is 106 cm³/mol. The van der Waals surface area contributed by atoms with Crippen LogP contribution in [0.15, 0.2) is 12.2 Å². The van der Waals surface area contributed by atoms with Gasteiger partial charge in [-0.05, 0) is 38.5 Å². The zero-order valence-electron chi connectivity index (χ0n) is 16.5. The number of hydrogen-bond acceptors (Lipinski definition) is 2. The Kier molecular flexibility index (Phi) is 11.8. The largest absolute Gasteiger partial charge is 0.481 e. The molecule has 0 aromatic rings. The van der Waals surface area contributed by atoms with Gasteiger partial charge < -0.3 is 15.7 Å². The molecule has 1 rings (SSSR count). The van der Waals surface area contributed by atoms with Crippen LogP contribution in [0.1, 0.15) is 96.8 Å². The minimum atomic E-state index is -0.687. The molecular weight excluding hydrogens is 328 g/mol. The average molecular weight is 367 g/mol. The minimum Gasteiger partial charge on any atom is -0.481 e. The highest BCUT2D eigenvalue weighted by molar-refractivity contribution is 5.74. The van der Waals surface area contributed by atoms with E-state index < -0.39 is 5.97 Å². The first-order chi connectivity index (χ1) is 12.6. The van der Waals surface area contributed by atoms with Crippen molar-refractivity contribution in [1.29, 1.82) is 0 Å². The van der Waals surface area contributed by atoms with Crippen LogP contribution in [0, 0.1) is 0 Å². The van der Waals surface area contributed by atoms with Gasteiger partial charge in [0.25, 0.3) is 0 Å². The van der Waals surface area contributed by atoms with Gasteiger partial charge in [-0.25, -0.2) is 4.79 Å². The first-order valence-corrected chi connectivity index (χ1v) is 10.5. The van der Waals surface area contributed by atoms with Gasteiger partial charge in [0.1, 0.15) is 0 Å². The molecule has 0 fully saturated rings. The fourth-order valence-electron chi connectivity index (χ4n) is 3.54. The summed E-state index contributed by atoms with van der Waals surface area (Å²) in [7, 11) is 0. The molecule has 1 atom stereocenters. The SMILES string of the molecule is CCC1(NC(=O)NCCCCCCCCCCCC(=O)O)CC=CCC1. The maximum atomic E-state index is 12.1. The predicted octanol–water partition coefficient (Wildman–Crippen LogP) is 5.16. The fraction of sp³-hybridized carbons (Fsp3) is 0.810. The third-order valence-corrected chi connectivity index (χ3v) is 5.37. The van der Waals surface area contributed by atoms with Crippen molar-refractivity contribution in [3.8, 4) is 0 Å². The van der Waals surface area contributed by atoms with Crippen LogP contribution in [-0.4, -0.2) is 29.2 Å². The van der Waals surface area contributed by atoms with Crippen LogP contribution in [-0.2, 0) is 4.79 Å². The maximum absolute atomic E-state index is 12.1. The number of nitrogens with one attached hydrogen (secondary N) is 2. The van der Waals surface area contributed by atoms with E-state index in [2.05, 4.69) is 29.7 Å². The summed E-state index contributed by atoms with van der Waals surface area (Å²) in [4.78, 5) is 22.5. The first kappa shape index (κ1) is 22.5. The van der Waals surface area contributed by atoms with Gasteiger partial charge in [0.15, 0.2) is 0 Å². The van der Waals surface area contributed by atoms with E-state index in [9.17, 15) is 9.59 Å². The van der Waals surface area contributed by atoms with E-state index in [-0.39, 0.29) is 11.6 Å². The second-order valence-corrected chi connectivity index (χ2v) is 7.55. The Bertz CT molecular complexity index is 437. The van der Waals surface area contributed by atoms with E-state index >= 15 is 0 Å². The standard InChI is InChI=1S/C21H38N2O3/c1-2-21(16-12-10-13-17-21)23-20(26)22-18-14-9-7-5-3-4-6-8-11-15-19(24)25/h10,12H,2-9,11,13-18H2,1H3,(H,24,25)(H2,22,23,26). The summed E-state index contributed by atoms with van der Waals surface area (Å²) >= 11 is 0. The van der Waals surface area contributed by atoms with Crippen LogP contribution in [0.2, 0.25) is 0 Å². The molecule has 0 bridgehead atoms. The third kappa shape index (κ3) is 10.5. The molecule has 0 spiro atoms. The van der Waals surface area contributed by atoms with Crippen LogP contribution in [0.3, 0.4) is 0 Å². The van der Waals surface area contributed by atoms with Gasteiger partial charge >= 0.3 is 12.0 Å². The molecule has 2 amide bonds. The highest BCUT2D eigenvalue weighted by atomic mass is 16.4. The summed E-state index contributed by atoms with van der Waals surface area (Å²) in [5, 5.41) is 14.8. The van der Waals surface area contributed by atoms with Crippen molar-refractivity contribution in [3.05, 3.63) is 12.2 Å². The van der Waals surface area contributed by atoms with Crippen LogP contribution in [0.4, 0.5) is 4.79 Å². The second-order valence-electron chi connectivity index (χ2n) is 7.55. The Hall–Kier alpha value is -1.52. The fourth-order valence-corrected chi connectivity index (χ4v) is 3.54. The Morgan fingerprint density at radius 3 is 2.12 bits per heavy atom. The van der Waals surface area contributed by atoms with Crippen molar-refractivity contribution in [2.75, 3.05) is 6.54 Å². The molecule has 150 valence electrons. The molecule has 1 aliphatic carbocycles. The summed E-state index contributed by atoms with van der Waals surface area (Å²) < 4.78 is 0. The number of unbranched alkanes of at least 4 members (excludes halogenated alkanes) is 8. The van der Waals surface area contributed by atoms with E-state index in [0.717, 1.165) is 64.3 Å². The number of carbonyl (C=O) groups is 2. The summed E-state index contributed by atoms with van der Waals surface area (Å²) in [6, 6.07) is -0.0245. The summed E-state index contributed by atoms with van der Waals surface area (Å²) in [5.41, 5.74) is -0.0523. The lowest BCUT2D eigenvalue weighted by atomic mass is 9.83. The zero-order valence-corrected chi connectivity index (χ0v) is 16.5. The van der Waals surface area contributed by atoms with Gasteiger partial charge in [0.05, 0.1) is 0 Å². The van der Waals surface area contributed by atoms with Crippen LogP contribution < -0.4 is 10.6 Å². The molecule has 5 nitrogen and oxygen atoms in total. The van der Waals surface area contributed by atoms with Crippen molar-refractivity contribution in [2.24, 2.45) is 0 Å². The molecule has 1 unspecified atom stereocenters. The highest BCUT2D eigenvalue weighted by Gasteiger charge is 2.29. The smallest absolute Gasteiger partial charge is 0.315 e. The Morgan fingerprint density at radius 2 is 1.58 bits per heavy atom. The van der Waals surface area contributed by atoms with Gasteiger partial charge in [-0.15, -0.1) is 0 Å². The van der Waals surface area contributed by atoms with E-state index in [1.165, 1.54) is 25.7 Å². The van der Waals surface area contributed by atoms with Gasteiger partial charge in [-0.1, -0.05) is 64.0 Å². The molecule has 0 saturated carbocycles. The highest BCUT2D eigenvalue weighted by Crippen LogP contribution is 2.26. The normalized spacial score (nSPS) is 19.3. The maximum Gasteiger partial charge on any atom is 0.315 e. The van der Waals surface area contributed by atoms with Crippen LogP contribution in [0.25, 0.3) is 0 Å². The molecule has 26 heavy (non-hydrogen) atoms. The quantitative estimate of drug-likeness (QED) is 0.293. The molecule has 0 aromatic heterocycles. The number of carboxylic acids is 1. The van der Waals surface area contributed by atoms with Crippen molar-refractivity contribution >= 4 is 12.0 Å². The van der Waals surface area contributed by atoms with Crippen molar-refractivity contribution in [3.63, 3.8) is 0 Å². The Morgan fingerprint density at radius 1 is 0.962 bits per heavy atom. The number of carbonyl (C=O) groups excluding carboxylic acids is 1. The minimum absolute atomic E-state index is 0.0245. The first-order valence-electron chi connectivity index (χ1n) is 10.5. The Labute approximate surface area is 159 Å². The molecule has 1 aliphatic rings. The van der Waals surface area contributed by atoms with Crippen molar-refractivity contribution in [1.82, 2.24) is 10.6 Å². The van der Waals surface area contributed by atoms with Gasteiger partial charge in [-0.2, -0.15) is 0 Å². The number of aliphatic carboxylic acids is 1. The van der Waals surface area contributed by atoms with Crippen molar-refractivity contribution < 1.29 is 14.7 Å². The summed E-state index contributed by atoms with van der Waals surface area (Å²) in [5.74, 6) is -0.687. The molecule has 0 saturated heterocycles. The average Bonchev–Trinajstić information content (AvgIpc) is 2.63. The lowest BCUT2D eigenvalue weighted by Gasteiger charge is -2.35. The number of carboxylic acid groups (broad SMARTS) is 1. The molecule has 5 heteroatoms. The number of allylic oxidation sites excluding steroid dienone is 1. The third-order valence-electron chi connectivity index (χ3n) is 5.37. The van der Waals surface area contributed by atoms with Gasteiger partial charge in [-0.3, -0.25) is 4.79 Å². The number of hydrogen-bond donors (Lipinski definition) is 3. The zero-order chi connectivity index (χ0) is 19.1. The molecule has 0 aromatic carbocycles. The topological polar surface area (TPSA) is 78.4 Å². The molecule has 0 radical (unpaired) electrons. The lowest BCUT2D eigenvalue weighted by molar-refractivity contribution is -0.137. The number of urea groups is 1. The van der Waals surface area contributed by atoms with E-state index in [1.807, 2.05) is 0 Å². The second kappa shape index (κ2) is 13.7. The summed E-state index contributed by atoms with van der Waals surface area (Å²) in [6.45, 7) is 2.89. The lowest BCUT2D eigenvalue weighted by Crippen LogP contribution is -2.52. The molecule has 3 N–H and O–H groups in total. The van der Waals surface area contributed by atoms with Crippen LogP contribution in [0.5, 0.6) is 0 Å². The van der Waals surface area contributed by atoms with Gasteiger partial charge in [0, 0.05) is 18.5 Å². The van der Waals surface area contributed by atoms with E-state index in [1.54, 1.807) is 0 Å². The van der Waals surface area contributed by atoms with E-state index in [0.29, 0.717) is 6.42 Å². The van der Waals surface area contributed by atoms with E-state index in [4.69, 9.17) is 5.11 Å². The summed E-state index contributed by atoms with van der Waals surface area (Å²) in [6.07, 6.45) is 18.7. The number of rotatable bonds is 14. The number of amides is 2. The van der Waals surface area contributed by atoms with Gasteiger partial charge in [0.2, 0.25) is 0 Å². The van der Waals surface area contributed by atoms with Crippen LogP contribution >= 0.6 is 0 Å². The Balaban J connectivity index is 1.91. The molecule has 0 aliphatic heterocycles.